The number of carbonyl (C=O) groups excluding carboxylic acids is 2. The van der Waals surface area contributed by atoms with Gasteiger partial charge in [0.25, 0.3) is 5.91 Å². The molecule has 5 nitrogen and oxygen atoms in total. The molecule has 30 heavy (non-hydrogen) atoms. The molecule has 0 spiro atoms. The summed E-state index contributed by atoms with van der Waals surface area (Å²) < 4.78 is 5.09. The van der Waals surface area contributed by atoms with Crippen LogP contribution in [0, 0.1) is 0 Å². The van der Waals surface area contributed by atoms with Crippen LogP contribution >= 0.6 is 11.3 Å². The largest absolute Gasteiger partial charge is 0.465 e. The van der Waals surface area contributed by atoms with Gasteiger partial charge in [-0.25, -0.2) is 4.79 Å². The standard InChI is InChI=1S/C24H26N2O3S/c1-23(2)13-17-18(22(28)29-5)21(30-19(17)24(3,4)26-23)25-20(27)16-12-8-10-14-9-6-7-11-15(14)16/h6-12,26H,13H2,1-5H3,(H,25,27). The highest BCUT2D eigenvalue weighted by atomic mass is 32.1. The van der Waals surface area contributed by atoms with Gasteiger partial charge in [0.05, 0.1) is 12.7 Å². The number of fused-ring (bicyclic) bond motifs is 2. The molecule has 1 aromatic heterocycles. The van der Waals surface area contributed by atoms with E-state index in [2.05, 4.69) is 38.3 Å². The van der Waals surface area contributed by atoms with Gasteiger partial charge in [-0.05, 0) is 56.5 Å². The van der Waals surface area contributed by atoms with Gasteiger partial charge >= 0.3 is 5.97 Å². The van der Waals surface area contributed by atoms with Gasteiger partial charge in [0, 0.05) is 21.5 Å². The first-order valence-electron chi connectivity index (χ1n) is 9.96. The fraction of sp³-hybridized carbons (Fsp3) is 0.333. The minimum Gasteiger partial charge on any atom is -0.465 e. The summed E-state index contributed by atoms with van der Waals surface area (Å²) in [5, 5.41) is 9.06. The fourth-order valence-electron chi connectivity index (χ4n) is 4.53. The highest BCUT2D eigenvalue weighted by Crippen LogP contribution is 2.45. The predicted molar refractivity (Wildman–Crippen MR) is 122 cm³/mol. The van der Waals surface area contributed by atoms with Gasteiger partial charge in [0.1, 0.15) is 5.00 Å². The first-order valence-corrected chi connectivity index (χ1v) is 10.8. The van der Waals surface area contributed by atoms with E-state index in [0.29, 0.717) is 22.5 Å². The van der Waals surface area contributed by atoms with E-state index in [0.717, 1.165) is 21.2 Å². The molecule has 0 atom stereocenters. The summed E-state index contributed by atoms with van der Waals surface area (Å²) in [6.45, 7) is 8.43. The van der Waals surface area contributed by atoms with Crippen LogP contribution in [0.1, 0.15) is 58.9 Å². The number of methoxy groups -OCH3 is 1. The van der Waals surface area contributed by atoms with Crippen LogP contribution < -0.4 is 10.6 Å². The minimum absolute atomic E-state index is 0.183. The number of nitrogens with one attached hydrogen (secondary N) is 2. The Morgan fingerprint density at radius 1 is 1.07 bits per heavy atom. The molecule has 156 valence electrons. The number of ether oxygens (including phenoxy) is 1. The number of anilines is 1. The topological polar surface area (TPSA) is 67.4 Å². The summed E-state index contributed by atoms with van der Waals surface area (Å²) in [6.07, 6.45) is 0.677. The van der Waals surface area contributed by atoms with Crippen molar-refractivity contribution in [3.63, 3.8) is 0 Å². The maximum absolute atomic E-state index is 13.2. The first-order chi connectivity index (χ1) is 14.1. The smallest absolute Gasteiger partial charge is 0.341 e. The quantitative estimate of drug-likeness (QED) is 0.576. The van der Waals surface area contributed by atoms with Crippen molar-refractivity contribution in [2.45, 2.75) is 45.2 Å². The Morgan fingerprint density at radius 3 is 2.50 bits per heavy atom. The Bertz CT molecular complexity index is 1160. The monoisotopic (exact) mass is 422 g/mol. The molecule has 2 N–H and O–H groups in total. The minimum atomic E-state index is -0.422. The second-order valence-corrected chi connectivity index (χ2v) is 9.92. The molecule has 0 aliphatic carbocycles. The van der Waals surface area contributed by atoms with E-state index >= 15 is 0 Å². The summed E-state index contributed by atoms with van der Waals surface area (Å²) in [6, 6.07) is 13.4. The lowest BCUT2D eigenvalue weighted by atomic mass is 9.81. The maximum Gasteiger partial charge on any atom is 0.341 e. The third-order valence-electron chi connectivity index (χ3n) is 5.50. The molecule has 0 unspecified atom stereocenters. The van der Waals surface area contributed by atoms with Gasteiger partial charge in [-0.2, -0.15) is 0 Å². The van der Waals surface area contributed by atoms with Crippen molar-refractivity contribution in [2.75, 3.05) is 12.4 Å². The molecule has 1 aliphatic heterocycles. The Kier molecular flexibility index (Phi) is 4.95. The molecule has 0 bridgehead atoms. The van der Waals surface area contributed by atoms with E-state index in [-0.39, 0.29) is 17.0 Å². The zero-order chi connectivity index (χ0) is 21.7. The molecular weight excluding hydrogens is 396 g/mol. The van der Waals surface area contributed by atoms with E-state index in [4.69, 9.17) is 4.74 Å². The first kappa shape index (κ1) is 20.6. The van der Waals surface area contributed by atoms with Crippen LogP contribution in [0.15, 0.2) is 42.5 Å². The van der Waals surface area contributed by atoms with Crippen molar-refractivity contribution < 1.29 is 14.3 Å². The van der Waals surface area contributed by atoms with Crippen molar-refractivity contribution in [1.29, 1.82) is 0 Å². The summed E-state index contributed by atoms with van der Waals surface area (Å²) in [5.74, 6) is -0.658. The second-order valence-electron chi connectivity index (χ2n) is 8.90. The van der Waals surface area contributed by atoms with Gasteiger partial charge < -0.3 is 15.4 Å². The van der Waals surface area contributed by atoms with Crippen molar-refractivity contribution in [3.8, 4) is 0 Å². The van der Waals surface area contributed by atoms with Crippen LogP contribution in [0.4, 0.5) is 5.00 Å². The second kappa shape index (κ2) is 7.22. The van der Waals surface area contributed by atoms with E-state index in [1.54, 1.807) is 6.07 Å². The number of hydrogen-bond donors (Lipinski definition) is 2. The number of rotatable bonds is 3. The Labute approximate surface area is 180 Å². The third kappa shape index (κ3) is 3.50. The van der Waals surface area contributed by atoms with Crippen LogP contribution in [0.25, 0.3) is 10.8 Å². The molecular formula is C24H26N2O3S. The van der Waals surface area contributed by atoms with Gasteiger partial charge in [0.15, 0.2) is 0 Å². The number of hydrogen-bond acceptors (Lipinski definition) is 5. The lowest BCUT2D eigenvalue weighted by molar-refractivity contribution is 0.0600. The summed E-state index contributed by atoms with van der Waals surface area (Å²) >= 11 is 1.45. The van der Waals surface area contributed by atoms with Gasteiger partial charge in [-0.3, -0.25) is 4.79 Å². The predicted octanol–water partition coefficient (Wildman–Crippen LogP) is 5.10. The molecule has 0 radical (unpaired) electrons. The van der Waals surface area contributed by atoms with Crippen LogP contribution in [0.2, 0.25) is 0 Å². The molecule has 6 heteroatoms. The Hall–Kier alpha value is -2.70. The average Bonchev–Trinajstić information content (AvgIpc) is 3.03. The SMILES string of the molecule is COC(=O)c1c(NC(=O)c2cccc3ccccc23)sc2c1CC(C)(C)NC2(C)C. The van der Waals surface area contributed by atoms with Crippen molar-refractivity contribution >= 4 is 39.0 Å². The third-order valence-corrected chi connectivity index (χ3v) is 6.97. The van der Waals surface area contributed by atoms with Crippen LogP contribution in [0.3, 0.4) is 0 Å². The van der Waals surface area contributed by atoms with Gasteiger partial charge in [-0.1, -0.05) is 36.4 Å². The molecule has 2 aromatic carbocycles. The number of esters is 1. The fourth-order valence-corrected chi connectivity index (χ4v) is 5.79. The number of benzene rings is 2. The summed E-state index contributed by atoms with van der Waals surface area (Å²) in [5.41, 5.74) is 1.49. The number of amides is 1. The van der Waals surface area contributed by atoms with Crippen molar-refractivity contribution in [1.82, 2.24) is 5.32 Å². The molecule has 4 rings (SSSR count). The van der Waals surface area contributed by atoms with E-state index in [9.17, 15) is 9.59 Å². The number of thiophene rings is 1. The highest BCUT2D eigenvalue weighted by molar-refractivity contribution is 7.17. The summed E-state index contributed by atoms with van der Waals surface area (Å²) in [4.78, 5) is 27.0. The van der Waals surface area contributed by atoms with Gasteiger partial charge in [-0.15, -0.1) is 11.3 Å². The zero-order valence-corrected chi connectivity index (χ0v) is 18.7. The Balaban J connectivity index is 1.81. The lowest BCUT2D eigenvalue weighted by Gasteiger charge is -2.42. The molecule has 1 amide bonds. The van der Waals surface area contributed by atoms with Crippen LogP contribution in [-0.4, -0.2) is 24.5 Å². The van der Waals surface area contributed by atoms with Crippen LogP contribution in [-0.2, 0) is 16.7 Å². The van der Waals surface area contributed by atoms with E-state index in [1.165, 1.54) is 18.4 Å². The van der Waals surface area contributed by atoms with E-state index in [1.807, 2.05) is 36.4 Å². The molecule has 1 aliphatic rings. The molecule has 0 fully saturated rings. The maximum atomic E-state index is 13.2. The molecule has 0 saturated carbocycles. The van der Waals surface area contributed by atoms with Crippen LogP contribution in [0.5, 0.6) is 0 Å². The highest BCUT2D eigenvalue weighted by Gasteiger charge is 2.42. The van der Waals surface area contributed by atoms with E-state index < -0.39 is 5.97 Å². The van der Waals surface area contributed by atoms with Crippen molar-refractivity contribution in [3.05, 3.63) is 64.0 Å². The molecule has 3 aromatic rings. The summed E-state index contributed by atoms with van der Waals surface area (Å²) in [7, 11) is 1.38. The van der Waals surface area contributed by atoms with Crippen molar-refractivity contribution in [2.24, 2.45) is 0 Å². The van der Waals surface area contributed by atoms with Gasteiger partial charge in [0.2, 0.25) is 0 Å². The number of carbonyl (C=O) groups is 2. The zero-order valence-electron chi connectivity index (χ0n) is 17.9. The molecule has 0 saturated heterocycles. The Morgan fingerprint density at radius 2 is 1.77 bits per heavy atom. The normalized spacial score (nSPS) is 16.7. The lowest BCUT2D eigenvalue weighted by Crippen LogP contribution is -2.55. The average molecular weight is 423 g/mol. The molecule has 2 heterocycles.